The van der Waals surface area contributed by atoms with Gasteiger partial charge in [0.05, 0.1) is 12.1 Å². The lowest BCUT2D eigenvalue weighted by atomic mass is 9.77. The first-order valence-corrected chi connectivity index (χ1v) is 7.33. The van der Waals surface area contributed by atoms with Crippen molar-refractivity contribution in [1.29, 1.82) is 0 Å². The Labute approximate surface area is 118 Å². The summed E-state index contributed by atoms with van der Waals surface area (Å²) in [5.74, 6) is 2.82. The van der Waals surface area contributed by atoms with Crippen molar-refractivity contribution in [3.63, 3.8) is 0 Å². The molecule has 1 heterocycles. The number of rotatable bonds is 5. The van der Waals surface area contributed by atoms with Gasteiger partial charge in [-0.15, -0.1) is 0 Å². The molecule has 1 aromatic heterocycles. The van der Waals surface area contributed by atoms with E-state index in [4.69, 9.17) is 4.42 Å². The van der Waals surface area contributed by atoms with Crippen molar-refractivity contribution in [2.75, 3.05) is 6.61 Å². The van der Waals surface area contributed by atoms with E-state index in [-0.39, 0.29) is 18.1 Å². The molecule has 108 valence electrons. The fourth-order valence-electron chi connectivity index (χ4n) is 2.76. The van der Waals surface area contributed by atoms with Gasteiger partial charge in [0.25, 0.3) is 0 Å². The van der Waals surface area contributed by atoms with E-state index in [0.29, 0.717) is 17.6 Å². The molecule has 1 amide bonds. The summed E-state index contributed by atoms with van der Waals surface area (Å²) in [6, 6.07) is 3.89. The summed E-state index contributed by atoms with van der Waals surface area (Å²) < 4.78 is 5.71. The average molecular weight is 275 g/mol. The number of hydrogen-bond acceptors (Lipinski definition) is 3. The number of carbonyl (C=O) groups excluding carboxylic acids is 1. The summed E-state index contributed by atoms with van der Waals surface area (Å²) in [7, 11) is 0. The topological polar surface area (TPSA) is 62.5 Å². The summed E-state index contributed by atoms with van der Waals surface area (Å²) in [6.45, 7) is 2.22. The van der Waals surface area contributed by atoms with E-state index in [2.05, 4.69) is 12.2 Å². The summed E-state index contributed by atoms with van der Waals surface area (Å²) >= 11 is 0. The van der Waals surface area contributed by atoms with Gasteiger partial charge in [-0.05, 0) is 49.8 Å². The molecular formula is C16H21NO3. The predicted octanol–water partition coefficient (Wildman–Crippen LogP) is 2.45. The molecule has 2 aliphatic carbocycles. The maximum absolute atomic E-state index is 11.8. The predicted molar refractivity (Wildman–Crippen MR) is 76.1 cm³/mol. The fraction of sp³-hybridized carbons (Fsp3) is 0.562. The van der Waals surface area contributed by atoms with E-state index in [1.807, 2.05) is 12.1 Å². The lowest BCUT2D eigenvalue weighted by molar-refractivity contribution is -0.120. The number of carbonyl (C=O) groups is 1. The van der Waals surface area contributed by atoms with Gasteiger partial charge in [0.2, 0.25) is 5.91 Å². The molecule has 0 aliphatic heterocycles. The van der Waals surface area contributed by atoms with Gasteiger partial charge in [0.1, 0.15) is 11.5 Å². The quantitative estimate of drug-likeness (QED) is 0.811. The second-order valence-electron chi connectivity index (χ2n) is 6.17. The molecule has 2 fully saturated rings. The van der Waals surface area contributed by atoms with Crippen LogP contribution in [0.4, 0.5) is 0 Å². The van der Waals surface area contributed by atoms with E-state index in [1.54, 1.807) is 6.08 Å². The summed E-state index contributed by atoms with van der Waals surface area (Å²) in [5, 5.41) is 12.2. The molecule has 2 unspecified atom stereocenters. The first kappa shape index (κ1) is 13.4. The largest absolute Gasteiger partial charge is 0.461 e. The second-order valence-corrected chi connectivity index (χ2v) is 6.17. The number of hydrogen-bond donors (Lipinski definition) is 2. The molecule has 20 heavy (non-hydrogen) atoms. The highest BCUT2D eigenvalue weighted by Crippen LogP contribution is 2.47. The molecule has 2 N–H and O–H groups in total. The number of nitrogens with one attached hydrogen (secondary N) is 1. The van der Waals surface area contributed by atoms with Crippen LogP contribution in [0.5, 0.6) is 0 Å². The Bertz CT molecular complexity index is 522. The molecule has 0 spiro atoms. The van der Waals surface area contributed by atoms with Crippen LogP contribution in [0.15, 0.2) is 22.6 Å². The Kier molecular flexibility index (Phi) is 3.42. The number of aliphatic hydroxyl groups is 1. The van der Waals surface area contributed by atoms with Crippen molar-refractivity contribution in [1.82, 2.24) is 5.32 Å². The van der Waals surface area contributed by atoms with Crippen molar-refractivity contribution in [2.45, 2.75) is 44.1 Å². The standard InChI is InChI=1S/C16H21NO3/c1-11-9-13(11)14-5-3-12(20-14)4-6-15(19)17-16(10-18)7-2-8-16/h3-6,11,13,18H,2,7-10H2,1H3,(H,17,19)/b6-4+. The van der Waals surface area contributed by atoms with Crippen molar-refractivity contribution in [3.05, 3.63) is 29.7 Å². The van der Waals surface area contributed by atoms with Crippen LogP contribution in [0.1, 0.15) is 50.0 Å². The zero-order chi connectivity index (χ0) is 14.2. The number of aliphatic hydroxyl groups excluding tert-OH is 1. The van der Waals surface area contributed by atoms with Crippen LogP contribution in [0, 0.1) is 5.92 Å². The molecule has 3 rings (SSSR count). The van der Waals surface area contributed by atoms with Crippen molar-refractivity contribution < 1.29 is 14.3 Å². The molecular weight excluding hydrogens is 254 g/mol. The number of amides is 1. The lowest BCUT2D eigenvalue weighted by Gasteiger charge is -2.40. The molecule has 0 bridgehead atoms. The summed E-state index contributed by atoms with van der Waals surface area (Å²) in [4.78, 5) is 11.8. The molecule has 1 aromatic rings. The summed E-state index contributed by atoms with van der Waals surface area (Å²) in [6.07, 6.45) is 7.13. The van der Waals surface area contributed by atoms with Crippen molar-refractivity contribution >= 4 is 12.0 Å². The van der Waals surface area contributed by atoms with Gasteiger partial charge in [-0.2, -0.15) is 0 Å². The molecule has 0 aromatic carbocycles. The Morgan fingerprint density at radius 1 is 1.55 bits per heavy atom. The molecule has 0 saturated heterocycles. The van der Waals surface area contributed by atoms with Crippen LogP contribution in [0.2, 0.25) is 0 Å². The zero-order valence-electron chi connectivity index (χ0n) is 11.8. The van der Waals surface area contributed by atoms with E-state index < -0.39 is 0 Å². The Morgan fingerprint density at radius 3 is 2.85 bits per heavy atom. The highest BCUT2D eigenvalue weighted by molar-refractivity contribution is 5.92. The molecule has 0 radical (unpaired) electrons. The number of furan rings is 1. The smallest absolute Gasteiger partial charge is 0.244 e. The molecule has 4 heteroatoms. The molecule has 2 saturated carbocycles. The minimum Gasteiger partial charge on any atom is -0.461 e. The third-order valence-corrected chi connectivity index (χ3v) is 4.52. The SMILES string of the molecule is CC1CC1c1ccc(/C=C/C(=O)NC2(CO)CCC2)o1. The Morgan fingerprint density at radius 2 is 2.30 bits per heavy atom. The van der Waals surface area contributed by atoms with Crippen LogP contribution in [0.3, 0.4) is 0 Å². The van der Waals surface area contributed by atoms with E-state index in [9.17, 15) is 9.90 Å². The van der Waals surface area contributed by atoms with Crippen molar-refractivity contribution in [3.8, 4) is 0 Å². The van der Waals surface area contributed by atoms with Gasteiger partial charge in [-0.3, -0.25) is 4.79 Å². The first-order chi connectivity index (χ1) is 9.62. The van der Waals surface area contributed by atoms with Crippen LogP contribution in [0.25, 0.3) is 6.08 Å². The Hall–Kier alpha value is -1.55. The normalized spacial score (nSPS) is 27.3. The van der Waals surface area contributed by atoms with Gasteiger partial charge in [0, 0.05) is 12.0 Å². The van der Waals surface area contributed by atoms with E-state index in [0.717, 1.165) is 25.0 Å². The molecule has 4 nitrogen and oxygen atoms in total. The third-order valence-electron chi connectivity index (χ3n) is 4.52. The second kappa shape index (κ2) is 5.09. The minimum absolute atomic E-state index is 0.0110. The van der Waals surface area contributed by atoms with Crippen LogP contribution >= 0.6 is 0 Å². The summed E-state index contributed by atoms with van der Waals surface area (Å²) in [5.41, 5.74) is -0.390. The maximum Gasteiger partial charge on any atom is 0.244 e. The van der Waals surface area contributed by atoms with E-state index in [1.165, 1.54) is 12.5 Å². The highest BCUT2D eigenvalue weighted by atomic mass is 16.3. The van der Waals surface area contributed by atoms with Crippen LogP contribution < -0.4 is 5.32 Å². The molecule has 2 aliphatic rings. The fourth-order valence-corrected chi connectivity index (χ4v) is 2.76. The van der Waals surface area contributed by atoms with E-state index >= 15 is 0 Å². The highest BCUT2D eigenvalue weighted by Gasteiger charge is 2.37. The van der Waals surface area contributed by atoms with Gasteiger partial charge >= 0.3 is 0 Å². The maximum atomic E-state index is 11.8. The van der Waals surface area contributed by atoms with Gasteiger partial charge < -0.3 is 14.8 Å². The van der Waals surface area contributed by atoms with Crippen molar-refractivity contribution in [2.24, 2.45) is 5.92 Å². The molecule has 2 atom stereocenters. The lowest BCUT2D eigenvalue weighted by Crippen LogP contribution is -2.55. The monoisotopic (exact) mass is 275 g/mol. The van der Waals surface area contributed by atoms with Gasteiger partial charge in [0.15, 0.2) is 0 Å². The van der Waals surface area contributed by atoms with Gasteiger partial charge in [-0.1, -0.05) is 6.92 Å². The zero-order valence-corrected chi connectivity index (χ0v) is 11.8. The first-order valence-electron chi connectivity index (χ1n) is 7.33. The van der Waals surface area contributed by atoms with Crippen LogP contribution in [-0.4, -0.2) is 23.2 Å². The third kappa shape index (κ3) is 2.66. The Balaban J connectivity index is 1.56. The van der Waals surface area contributed by atoms with Gasteiger partial charge in [-0.25, -0.2) is 0 Å². The van der Waals surface area contributed by atoms with Crippen LogP contribution in [-0.2, 0) is 4.79 Å². The average Bonchev–Trinajstić information content (AvgIpc) is 2.94. The minimum atomic E-state index is -0.390.